The van der Waals surface area contributed by atoms with E-state index in [4.69, 9.17) is 9.47 Å². The van der Waals surface area contributed by atoms with Gasteiger partial charge in [0.1, 0.15) is 5.75 Å². The van der Waals surface area contributed by atoms with Crippen LogP contribution >= 0.6 is 24.0 Å². The molecule has 2 aliphatic rings. The Morgan fingerprint density at radius 2 is 1.78 bits per heavy atom. The van der Waals surface area contributed by atoms with Crippen molar-refractivity contribution in [3.63, 3.8) is 0 Å². The highest BCUT2D eigenvalue weighted by atomic mass is 127. The van der Waals surface area contributed by atoms with Crippen LogP contribution in [0.3, 0.4) is 0 Å². The average molecular weight is 487 g/mol. The SMILES string of the molecule is CN=C(NCC1(CCOC)CCC1)NCC1(c2ccccc2OC)CC1.I. The molecule has 2 aliphatic carbocycles. The van der Waals surface area contributed by atoms with Gasteiger partial charge in [-0.1, -0.05) is 24.6 Å². The van der Waals surface area contributed by atoms with Crippen LogP contribution in [0.4, 0.5) is 0 Å². The van der Waals surface area contributed by atoms with E-state index in [1.165, 1.54) is 37.7 Å². The number of rotatable bonds is 9. The second-order valence-corrected chi connectivity index (χ2v) is 7.86. The maximum Gasteiger partial charge on any atom is 0.191 e. The van der Waals surface area contributed by atoms with Gasteiger partial charge in [-0.25, -0.2) is 0 Å². The molecule has 5 nitrogen and oxygen atoms in total. The number of nitrogens with one attached hydrogen (secondary N) is 2. The molecule has 0 radical (unpaired) electrons. The molecule has 0 bridgehead atoms. The number of ether oxygens (including phenoxy) is 2. The van der Waals surface area contributed by atoms with E-state index in [1.54, 1.807) is 14.2 Å². The Morgan fingerprint density at radius 1 is 1.07 bits per heavy atom. The van der Waals surface area contributed by atoms with Gasteiger partial charge in [0.25, 0.3) is 0 Å². The highest BCUT2D eigenvalue weighted by Crippen LogP contribution is 2.50. The Kier molecular flexibility index (Phi) is 8.21. The molecule has 1 aromatic carbocycles. The van der Waals surface area contributed by atoms with Crippen molar-refractivity contribution in [1.82, 2.24) is 10.6 Å². The largest absolute Gasteiger partial charge is 0.496 e. The molecule has 0 saturated heterocycles. The van der Waals surface area contributed by atoms with Crippen molar-refractivity contribution in [2.45, 2.75) is 43.9 Å². The molecule has 0 atom stereocenters. The first-order valence-electron chi connectivity index (χ1n) is 9.74. The molecule has 0 heterocycles. The van der Waals surface area contributed by atoms with Gasteiger partial charge in [-0.3, -0.25) is 4.99 Å². The molecule has 0 spiro atoms. The zero-order valence-corrected chi connectivity index (χ0v) is 19.2. The molecule has 0 amide bonds. The Bertz CT molecular complexity index is 628. The van der Waals surface area contributed by atoms with E-state index in [2.05, 4.69) is 33.8 Å². The molecule has 2 fully saturated rings. The molecule has 3 rings (SSSR count). The van der Waals surface area contributed by atoms with Crippen molar-refractivity contribution < 1.29 is 9.47 Å². The first kappa shape index (κ1) is 22.3. The van der Waals surface area contributed by atoms with Crippen LogP contribution in [0.5, 0.6) is 5.75 Å². The van der Waals surface area contributed by atoms with E-state index < -0.39 is 0 Å². The minimum Gasteiger partial charge on any atom is -0.496 e. The molecule has 2 saturated carbocycles. The number of halogens is 1. The molecule has 152 valence electrons. The summed E-state index contributed by atoms with van der Waals surface area (Å²) in [5.74, 6) is 1.89. The molecule has 0 aromatic heterocycles. The number of benzene rings is 1. The molecule has 0 aliphatic heterocycles. The highest BCUT2D eigenvalue weighted by Gasteiger charge is 2.46. The first-order valence-corrected chi connectivity index (χ1v) is 9.74. The van der Waals surface area contributed by atoms with Crippen molar-refractivity contribution in [2.24, 2.45) is 10.4 Å². The Morgan fingerprint density at radius 3 is 2.33 bits per heavy atom. The van der Waals surface area contributed by atoms with Gasteiger partial charge in [0, 0.05) is 44.8 Å². The predicted octanol–water partition coefficient (Wildman–Crippen LogP) is 3.72. The molecule has 6 heteroatoms. The summed E-state index contributed by atoms with van der Waals surface area (Å²) in [4.78, 5) is 4.43. The summed E-state index contributed by atoms with van der Waals surface area (Å²) < 4.78 is 10.9. The van der Waals surface area contributed by atoms with E-state index in [0.717, 1.165) is 37.8 Å². The van der Waals surface area contributed by atoms with Gasteiger partial charge >= 0.3 is 0 Å². The van der Waals surface area contributed by atoms with Crippen molar-refractivity contribution in [3.8, 4) is 5.75 Å². The number of nitrogens with zero attached hydrogens (tertiary/aromatic N) is 1. The monoisotopic (exact) mass is 487 g/mol. The average Bonchev–Trinajstić information content (AvgIpc) is 3.44. The van der Waals surface area contributed by atoms with Crippen LogP contribution < -0.4 is 15.4 Å². The summed E-state index contributed by atoms with van der Waals surface area (Å²) in [7, 11) is 5.38. The van der Waals surface area contributed by atoms with E-state index in [-0.39, 0.29) is 29.4 Å². The second kappa shape index (κ2) is 9.96. The molecular weight excluding hydrogens is 453 g/mol. The first-order chi connectivity index (χ1) is 12.7. The molecule has 27 heavy (non-hydrogen) atoms. The molecular formula is C21H34IN3O2. The third-order valence-corrected chi connectivity index (χ3v) is 6.23. The minimum atomic E-state index is 0. The Hall–Kier alpha value is -1.02. The van der Waals surface area contributed by atoms with Crippen LogP contribution in [0.2, 0.25) is 0 Å². The van der Waals surface area contributed by atoms with Crippen LogP contribution in [0, 0.1) is 5.41 Å². The van der Waals surface area contributed by atoms with E-state index in [9.17, 15) is 0 Å². The Labute approximate surface area is 180 Å². The summed E-state index contributed by atoms with van der Waals surface area (Å²) in [5, 5.41) is 7.10. The lowest BCUT2D eigenvalue weighted by Gasteiger charge is -2.42. The number of hydrogen-bond donors (Lipinski definition) is 2. The van der Waals surface area contributed by atoms with E-state index >= 15 is 0 Å². The van der Waals surface area contributed by atoms with Crippen molar-refractivity contribution in [2.75, 3.05) is 41.0 Å². The van der Waals surface area contributed by atoms with Crippen molar-refractivity contribution >= 4 is 29.9 Å². The smallest absolute Gasteiger partial charge is 0.191 e. The predicted molar refractivity (Wildman–Crippen MR) is 121 cm³/mol. The zero-order valence-electron chi connectivity index (χ0n) is 16.8. The van der Waals surface area contributed by atoms with Crippen molar-refractivity contribution in [3.05, 3.63) is 29.8 Å². The van der Waals surface area contributed by atoms with E-state index in [1.807, 2.05) is 13.1 Å². The fourth-order valence-corrected chi connectivity index (χ4v) is 4.03. The molecule has 0 unspecified atom stereocenters. The normalized spacial score (nSPS) is 19.4. The van der Waals surface area contributed by atoms with Gasteiger partial charge in [0.2, 0.25) is 0 Å². The van der Waals surface area contributed by atoms with Gasteiger partial charge in [-0.15, -0.1) is 24.0 Å². The van der Waals surface area contributed by atoms with Gasteiger partial charge in [0.15, 0.2) is 5.96 Å². The van der Waals surface area contributed by atoms with Crippen LogP contribution in [0.15, 0.2) is 29.3 Å². The quantitative estimate of drug-likeness (QED) is 0.317. The van der Waals surface area contributed by atoms with Gasteiger partial charge in [-0.05, 0) is 43.6 Å². The second-order valence-electron chi connectivity index (χ2n) is 7.86. The molecule has 2 N–H and O–H groups in total. The Balaban J connectivity index is 0.00000261. The van der Waals surface area contributed by atoms with Crippen LogP contribution in [-0.4, -0.2) is 46.9 Å². The van der Waals surface area contributed by atoms with Gasteiger partial charge < -0.3 is 20.1 Å². The zero-order chi connectivity index (χ0) is 18.5. The van der Waals surface area contributed by atoms with Crippen LogP contribution in [0.25, 0.3) is 0 Å². The highest BCUT2D eigenvalue weighted by molar-refractivity contribution is 14.0. The van der Waals surface area contributed by atoms with Crippen LogP contribution in [0.1, 0.15) is 44.1 Å². The number of aliphatic imine (C=N–C) groups is 1. The summed E-state index contributed by atoms with van der Waals surface area (Å²) in [6, 6.07) is 8.38. The van der Waals surface area contributed by atoms with Gasteiger partial charge in [-0.2, -0.15) is 0 Å². The van der Waals surface area contributed by atoms with E-state index in [0.29, 0.717) is 5.41 Å². The minimum absolute atomic E-state index is 0. The summed E-state index contributed by atoms with van der Waals surface area (Å²) in [5.41, 5.74) is 1.86. The van der Waals surface area contributed by atoms with Crippen molar-refractivity contribution in [1.29, 1.82) is 0 Å². The summed E-state index contributed by atoms with van der Waals surface area (Å²) in [6.07, 6.45) is 7.40. The number of hydrogen-bond acceptors (Lipinski definition) is 3. The number of methoxy groups -OCH3 is 2. The fraction of sp³-hybridized carbons (Fsp3) is 0.667. The lowest BCUT2D eigenvalue weighted by atomic mass is 9.67. The lowest BCUT2D eigenvalue weighted by molar-refractivity contribution is 0.0732. The maximum absolute atomic E-state index is 5.57. The third-order valence-electron chi connectivity index (χ3n) is 6.23. The summed E-state index contributed by atoms with van der Waals surface area (Å²) in [6.45, 7) is 2.69. The fourth-order valence-electron chi connectivity index (χ4n) is 4.03. The lowest BCUT2D eigenvalue weighted by Crippen LogP contribution is -2.48. The topological polar surface area (TPSA) is 54.9 Å². The third kappa shape index (κ3) is 5.28. The van der Waals surface area contributed by atoms with Crippen LogP contribution in [-0.2, 0) is 10.2 Å². The standard InChI is InChI=1S/C21H33N3O2.HI/c1-22-19(23-15-20(9-6-10-20)13-14-25-2)24-16-21(11-12-21)17-7-4-5-8-18(17)26-3;/h4-5,7-8H,6,9-16H2,1-3H3,(H2,22,23,24);1H. The maximum atomic E-state index is 5.57. The number of para-hydroxylation sites is 1. The summed E-state index contributed by atoms with van der Waals surface area (Å²) >= 11 is 0. The van der Waals surface area contributed by atoms with Gasteiger partial charge in [0.05, 0.1) is 7.11 Å². The number of guanidine groups is 1. The molecule has 1 aromatic rings.